The van der Waals surface area contributed by atoms with Gasteiger partial charge in [-0.05, 0) is 54.0 Å². The van der Waals surface area contributed by atoms with Crippen molar-refractivity contribution in [2.75, 3.05) is 0 Å². The third kappa shape index (κ3) is 3.74. The van der Waals surface area contributed by atoms with Gasteiger partial charge in [0, 0.05) is 11.1 Å². The Morgan fingerprint density at radius 2 is 1.89 bits per heavy atom. The Bertz CT molecular complexity index is 1050. The maximum absolute atomic E-state index is 12.6. The lowest BCUT2D eigenvalue weighted by molar-refractivity contribution is 0.101. The van der Waals surface area contributed by atoms with Gasteiger partial charge in [-0.25, -0.2) is 0 Å². The fourth-order valence-corrected chi connectivity index (χ4v) is 3.14. The SMILES string of the molecule is Cc1ccccc1COc1ccc2c(c1)O/C(=C\c1cccc(Cl)c1)C2=O. The molecule has 0 saturated carbocycles. The number of carbonyl (C=O) groups excluding carboxylic acids is 1. The van der Waals surface area contributed by atoms with Crippen LogP contribution in [-0.2, 0) is 6.61 Å². The molecule has 0 amide bonds. The molecular formula is C23H17ClO3. The summed E-state index contributed by atoms with van der Waals surface area (Å²) in [7, 11) is 0. The summed E-state index contributed by atoms with van der Waals surface area (Å²) in [6, 6.07) is 20.6. The average molecular weight is 377 g/mol. The van der Waals surface area contributed by atoms with E-state index in [9.17, 15) is 4.79 Å². The van der Waals surface area contributed by atoms with E-state index in [1.54, 1.807) is 36.4 Å². The summed E-state index contributed by atoms with van der Waals surface area (Å²) in [5.41, 5.74) is 3.65. The molecule has 0 N–H and O–H groups in total. The minimum Gasteiger partial charge on any atom is -0.489 e. The number of aryl methyl sites for hydroxylation is 1. The summed E-state index contributed by atoms with van der Waals surface area (Å²) in [4.78, 5) is 12.6. The van der Waals surface area contributed by atoms with Crippen LogP contribution in [0.4, 0.5) is 0 Å². The Labute approximate surface area is 162 Å². The molecule has 0 fully saturated rings. The molecule has 134 valence electrons. The predicted molar refractivity (Wildman–Crippen MR) is 106 cm³/mol. The first-order valence-corrected chi connectivity index (χ1v) is 8.99. The molecule has 4 heteroatoms. The fourth-order valence-electron chi connectivity index (χ4n) is 2.94. The van der Waals surface area contributed by atoms with Crippen molar-refractivity contribution in [3.8, 4) is 11.5 Å². The summed E-state index contributed by atoms with van der Waals surface area (Å²) in [6.45, 7) is 2.51. The number of allylic oxidation sites excluding steroid dienone is 1. The lowest BCUT2D eigenvalue weighted by Gasteiger charge is -2.09. The van der Waals surface area contributed by atoms with Crippen LogP contribution in [0.3, 0.4) is 0 Å². The Morgan fingerprint density at radius 3 is 2.70 bits per heavy atom. The molecule has 0 unspecified atom stereocenters. The molecule has 3 nitrogen and oxygen atoms in total. The number of carbonyl (C=O) groups is 1. The lowest BCUT2D eigenvalue weighted by Crippen LogP contribution is -1.98. The van der Waals surface area contributed by atoms with Gasteiger partial charge in [0.25, 0.3) is 0 Å². The highest BCUT2D eigenvalue weighted by molar-refractivity contribution is 6.30. The topological polar surface area (TPSA) is 35.5 Å². The number of hydrogen-bond acceptors (Lipinski definition) is 3. The van der Waals surface area contributed by atoms with Gasteiger partial charge in [-0.2, -0.15) is 0 Å². The summed E-state index contributed by atoms with van der Waals surface area (Å²) in [6.07, 6.45) is 1.70. The van der Waals surface area contributed by atoms with E-state index in [0.717, 1.165) is 11.1 Å². The van der Waals surface area contributed by atoms with Crippen molar-refractivity contribution in [2.45, 2.75) is 13.5 Å². The third-order valence-electron chi connectivity index (χ3n) is 4.44. The summed E-state index contributed by atoms with van der Waals surface area (Å²) >= 11 is 6.00. The summed E-state index contributed by atoms with van der Waals surface area (Å²) in [5.74, 6) is 1.31. The number of halogens is 1. The van der Waals surface area contributed by atoms with Gasteiger partial charge in [-0.15, -0.1) is 0 Å². The molecule has 3 aromatic rings. The quantitative estimate of drug-likeness (QED) is 0.536. The van der Waals surface area contributed by atoms with Crippen LogP contribution in [-0.4, -0.2) is 5.78 Å². The van der Waals surface area contributed by atoms with Crippen molar-refractivity contribution in [3.05, 3.63) is 99.8 Å². The van der Waals surface area contributed by atoms with E-state index in [-0.39, 0.29) is 11.5 Å². The van der Waals surface area contributed by atoms with Crippen molar-refractivity contribution in [2.24, 2.45) is 0 Å². The monoisotopic (exact) mass is 376 g/mol. The first-order valence-electron chi connectivity index (χ1n) is 8.61. The second kappa shape index (κ2) is 7.29. The zero-order valence-corrected chi connectivity index (χ0v) is 15.5. The van der Waals surface area contributed by atoms with Crippen molar-refractivity contribution < 1.29 is 14.3 Å². The number of benzene rings is 3. The predicted octanol–water partition coefficient (Wildman–Crippen LogP) is 5.84. The minimum absolute atomic E-state index is 0.143. The summed E-state index contributed by atoms with van der Waals surface area (Å²) < 4.78 is 11.6. The number of hydrogen-bond donors (Lipinski definition) is 0. The largest absolute Gasteiger partial charge is 0.489 e. The highest BCUT2D eigenvalue weighted by Crippen LogP contribution is 2.35. The number of ketones is 1. The first-order chi connectivity index (χ1) is 13.1. The van der Waals surface area contributed by atoms with E-state index in [1.165, 1.54) is 5.56 Å². The van der Waals surface area contributed by atoms with Crippen molar-refractivity contribution in [1.82, 2.24) is 0 Å². The van der Waals surface area contributed by atoms with Crippen LogP contribution in [0, 0.1) is 6.92 Å². The molecule has 1 aliphatic rings. The molecule has 1 aliphatic heterocycles. The first kappa shape index (κ1) is 17.4. The highest BCUT2D eigenvalue weighted by Gasteiger charge is 2.27. The Kier molecular flexibility index (Phi) is 4.69. The molecule has 3 aromatic carbocycles. The van der Waals surface area contributed by atoms with Gasteiger partial charge in [-0.3, -0.25) is 4.79 Å². The van der Waals surface area contributed by atoms with Gasteiger partial charge in [0.05, 0.1) is 5.56 Å². The molecule has 27 heavy (non-hydrogen) atoms. The van der Waals surface area contributed by atoms with E-state index < -0.39 is 0 Å². The standard InChI is InChI=1S/C23H17ClO3/c1-15-5-2-3-7-17(15)14-26-19-9-10-20-21(13-19)27-22(23(20)25)12-16-6-4-8-18(24)11-16/h2-13H,14H2,1H3/b22-12-. The van der Waals surface area contributed by atoms with E-state index in [0.29, 0.717) is 28.7 Å². The van der Waals surface area contributed by atoms with E-state index >= 15 is 0 Å². The van der Waals surface area contributed by atoms with E-state index in [2.05, 4.69) is 13.0 Å². The van der Waals surface area contributed by atoms with Crippen molar-refractivity contribution in [1.29, 1.82) is 0 Å². The third-order valence-corrected chi connectivity index (χ3v) is 4.68. The molecule has 1 heterocycles. The van der Waals surface area contributed by atoms with Crippen LogP contribution in [0.5, 0.6) is 11.5 Å². The van der Waals surface area contributed by atoms with Gasteiger partial charge in [0.15, 0.2) is 5.76 Å². The van der Waals surface area contributed by atoms with Crippen molar-refractivity contribution >= 4 is 23.5 Å². The minimum atomic E-state index is -0.143. The van der Waals surface area contributed by atoms with E-state index in [4.69, 9.17) is 21.1 Å². The second-order valence-corrected chi connectivity index (χ2v) is 6.80. The Morgan fingerprint density at radius 1 is 1.04 bits per heavy atom. The molecule has 0 aliphatic carbocycles. The molecule has 0 radical (unpaired) electrons. The number of ether oxygens (including phenoxy) is 2. The van der Waals surface area contributed by atoms with Crippen molar-refractivity contribution in [3.63, 3.8) is 0 Å². The highest BCUT2D eigenvalue weighted by atomic mass is 35.5. The second-order valence-electron chi connectivity index (χ2n) is 6.37. The molecule has 0 spiro atoms. The van der Waals surface area contributed by atoms with Crippen LogP contribution < -0.4 is 9.47 Å². The summed E-state index contributed by atoms with van der Waals surface area (Å²) in [5, 5.41) is 0.610. The van der Waals surface area contributed by atoms with Gasteiger partial charge in [-0.1, -0.05) is 48.0 Å². The molecule has 4 rings (SSSR count). The van der Waals surface area contributed by atoms with Crippen LogP contribution in [0.15, 0.2) is 72.5 Å². The van der Waals surface area contributed by atoms with E-state index in [1.807, 2.05) is 30.3 Å². The molecule has 0 saturated heterocycles. The van der Waals surface area contributed by atoms with Crippen LogP contribution in [0.1, 0.15) is 27.0 Å². The molecule has 0 aromatic heterocycles. The van der Waals surface area contributed by atoms with Gasteiger partial charge < -0.3 is 9.47 Å². The van der Waals surface area contributed by atoms with Crippen LogP contribution in [0.25, 0.3) is 6.08 Å². The smallest absolute Gasteiger partial charge is 0.231 e. The van der Waals surface area contributed by atoms with Gasteiger partial charge >= 0.3 is 0 Å². The van der Waals surface area contributed by atoms with Gasteiger partial charge in [0.1, 0.15) is 18.1 Å². The molecular weight excluding hydrogens is 360 g/mol. The Hall–Kier alpha value is -3.04. The zero-order chi connectivity index (χ0) is 18.8. The maximum Gasteiger partial charge on any atom is 0.231 e. The Balaban J connectivity index is 1.53. The molecule has 0 atom stereocenters. The van der Waals surface area contributed by atoms with Gasteiger partial charge in [0.2, 0.25) is 5.78 Å². The number of rotatable bonds is 4. The van der Waals surface area contributed by atoms with Crippen LogP contribution in [0.2, 0.25) is 5.02 Å². The normalized spacial score (nSPS) is 14.1. The zero-order valence-electron chi connectivity index (χ0n) is 14.7. The average Bonchev–Trinajstić information content (AvgIpc) is 2.96. The lowest BCUT2D eigenvalue weighted by atomic mass is 10.1. The number of fused-ring (bicyclic) bond motifs is 1. The maximum atomic E-state index is 12.6. The molecule has 0 bridgehead atoms. The fraction of sp³-hybridized carbons (Fsp3) is 0.0870. The van der Waals surface area contributed by atoms with Crippen LogP contribution >= 0.6 is 11.6 Å². The number of Topliss-reactive ketones (excluding diaryl/α,β-unsaturated/α-hetero) is 1.